The zero-order valence-corrected chi connectivity index (χ0v) is 43.7. The van der Waals surface area contributed by atoms with Crippen molar-refractivity contribution in [1.82, 2.24) is 19.4 Å². The van der Waals surface area contributed by atoms with E-state index in [1.165, 1.54) is 51.4 Å². The lowest BCUT2D eigenvalue weighted by Gasteiger charge is -2.41. The van der Waals surface area contributed by atoms with Crippen LogP contribution in [0.15, 0.2) is 53.3 Å². The first-order valence-electron chi connectivity index (χ1n) is 26.9. The number of aromatic hydroxyl groups is 2. The van der Waals surface area contributed by atoms with Gasteiger partial charge in [0.1, 0.15) is 35.7 Å². The van der Waals surface area contributed by atoms with Crippen LogP contribution in [0.2, 0.25) is 0 Å². The number of aliphatic hydroxyl groups is 3. The van der Waals surface area contributed by atoms with Gasteiger partial charge in [-0.3, -0.25) is 19.2 Å². The highest BCUT2D eigenvalue weighted by atomic mass is 16.7. The smallest absolute Gasteiger partial charge is 0.415 e. The van der Waals surface area contributed by atoms with E-state index in [1.807, 2.05) is 17.0 Å². The van der Waals surface area contributed by atoms with E-state index in [0.717, 1.165) is 34.9 Å². The Kier molecular flexibility index (Phi) is 13.9. The molecule has 78 heavy (non-hydrogen) atoms. The number of carbonyl (C=O) groups excluding carboxylic acids is 5. The number of hydrogen-bond acceptors (Lipinski definition) is 18. The highest BCUT2D eigenvalue weighted by molar-refractivity contribution is 6.30. The van der Waals surface area contributed by atoms with E-state index >= 15 is 0 Å². The number of nitrogens with zero attached hydrogens (tertiary/aromatic N) is 4. The number of ketones is 3. The number of benzene rings is 3. The van der Waals surface area contributed by atoms with Crippen molar-refractivity contribution in [1.29, 1.82) is 0 Å². The number of pyridine rings is 2. The maximum atomic E-state index is 13.6. The predicted octanol–water partition coefficient (Wildman–Crippen LogP) is 4.72. The minimum absolute atomic E-state index is 0.0344. The first-order chi connectivity index (χ1) is 37.3. The molecule has 12 rings (SSSR count). The van der Waals surface area contributed by atoms with E-state index in [4.69, 9.17) is 29.7 Å². The zero-order valence-electron chi connectivity index (χ0n) is 43.7. The summed E-state index contributed by atoms with van der Waals surface area (Å²) in [5.41, 5.74) is 6.85. The lowest BCUT2D eigenvalue weighted by Crippen LogP contribution is -2.53. The number of piperidine rings is 2. The van der Waals surface area contributed by atoms with E-state index in [9.17, 15) is 54.3 Å². The fourth-order valence-corrected chi connectivity index (χ4v) is 12.6. The third kappa shape index (κ3) is 8.86. The monoisotopic (exact) mass is 1070 g/mol. The Morgan fingerprint density at radius 2 is 1.56 bits per heavy atom. The molecule has 410 valence electrons. The highest BCUT2D eigenvalue weighted by Crippen LogP contribution is 2.52. The van der Waals surface area contributed by atoms with Gasteiger partial charge in [-0.2, -0.15) is 0 Å². The number of ether oxygens (including phenoxy) is 4. The number of phenolic OH excluding ortho intramolecular Hbond substituents is 2. The summed E-state index contributed by atoms with van der Waals surface area (Å²) in [7, 11) is 0. The number of rotatable bonds is 7. The SMILES string of the molecule is CC(=O)[C@]1(N)Cc2c(O)c3c(c(O)c2[C@@H](O[C@H]2C[C@H](O)[C@H](O)CO2)C1)C(=O)c1ccccc1C3=O.CCc1c2c(nc3ccc(OC(=O)N4CCC(N5CCCCC5)CC4)cc13)-c1cc3c(c(=O)n1C2)COC(=O)[C@]3(O)CC. The Bertz CT molecular complexity index is 3400. The summed E-state index contributed by atoms with van der Waals surface area (Å²) in [6, 6.07) is 13.9. The minimum atomic E-state index is -1.86. The zero-order chi connectivity index (χ0) is 55.1. The molecule has 2 aliphatic carbocycles. The third-order valence-corrected chi connectivity index (χ3v) is 17.1. The van der Waals surface area contributed by atoms with Gasteiger partial charge >= 0.3 is 12.1 Å². The Morgan fingerprint density at radius 3 is 2.22 bits per heavy atom. The molecule has 0 spiro atoms. The summed E-state index contributed by atoms with van der Waals surface area (Å²) in [5, 5.41) is 54.3. The molecule has 2 aromatic heterocycles. The van der Waals surface area contributed by atoms with Crippen LogP contribution in [0.4, 0.5) is 4.79 Å². The Morgan fingerprint density at radius 1 is 0.872 bits per heavy atom. The van der Waals surface area contributed by atoms with Crippen LogP contribution < -0.4 is 16.0 Å². The molecule has 3 aromatic carbocycles. The molecule has 5 aromatic rings. The van der Waals surface area contributed by atoms with Crippen molar-refractivity contribution in [2.75, 3.05) is 32.8 Å². The average Bonchev–Trinajstić information content (AvgIpc) is 3.53. The van der Waals surface area contributed by atoms with Gasteiger partial charge in [0, 0.05) is 77.2 Å². The number of carbonyl (C=O) groups is 5. The summed E-state index contributed by atoms with van der Waals surface area (Å²) >= 11 is 0. The van der Waals surface area contributed by atoms with Gasteiger partial charge in [-0.15, -0.1) is 0 Å². The number of amides is 1. The number of likely N-dealkylation sites (tertiary alicyclic amines) is 2. The molecule has 1 amide bonds. The predicted molar refractivity (Wildman–Crippen MR) is 279 cm³/mol. The second-order valence-electron chi connectivity index (χ2n) is 21.6. The first kappa shape index (κ1) is 53.1. The number of Topliss-reactive ketones (excluding diaryl/α,β-unsaturated/α-hetero) is 1. The molecule has 20 heteroatoms. The number of phenols is 2. The van der Waals surface area contributed by atoms with Gasteiger partial charge in [-0.25, -0.2) is 14.6 Å². The van der Waals surface area contributed by atoms with Gasteiger partial charge < -0.3 is 64.6 Å². The fraction of sp³-hybridized carbons (Fsp3) is 0.466. The van der Waals surface area contributed by atoms with E-state index < -0.39 is 70.6 Å². The Hall–Kier alpha value is -6.91. The van der Waals surface area contributed by atoms with E-state index in [2.05, 4.69) is 11.8 Å². The van der Waals surface area contributed by atoms with Crippen LogP contribution in [0.25, 0.3) is 22.3 Å². The number of cyclic esters (lactones) is 1. The largest absolute Gasteiger partial charge is 0.507 e. The molecular formula is C58H63N5O15. The van der Waals surface area contributed by atoms with Crippen molar-refractivity contribution in [2.45, 2.75) is 140 Å². The topological polar surface area (TPSA) is 291 Å². The molecule has 0 bridgehead atoms. The number of aliphatic hydroxyl groups excluding tert-OH is 2. The minimum Gasteiger partial charge on any atom is -0.507 e. The molecule has 6 atom stereocenters. The van der Waals surface area contributed by atoms with Crippen molar-refractivity contribution in [2.24, 2.45) is 5.73 Å². The van der Waals surface area contributed by atoms with Gasteiger partial charge in [-0.1, -0.05) is 44.5 Å². The first-order valence-corrected chi connectivity index (χ1v) is 26.9. The summed E-state index contributed by atoms with van der Waals surface area (Å²) in [4.78, 5) is 87.6. The summed E-state index contributed by atoms with van der Waals surface area (Å²) in [6.07, 6.45) is 1.53. The Labute approximate surface area is 448 Å². The van der Waals surface area contributed by atoms with Crippen molar-refractivity contribution in [3.63, 3.8) is 0 Å². The van der Waals surface area contributed by atoms with Crippen molar-refractivity contribution in [3.8, 4) is 28.6 Å². The van der Waals surface area contributed by atoms with Gasteiger partial charge in [0.25, 0.3) is 5.56 Å². The van der Waals surface area contributed by atoms with Crippen molar-refractivity contribution >= 4 is 40.3 Å². The van der Waals surface area contributed by atoms with E-state index in [-0.39, 0.29) is 83.9 Å². The lowest BCUT2D eigenvalue weighted by molar-refractivity contribution is -0.238. The number of fused-ring (bicyclic) bond motifs is 8. The Balaban J connectivity index is 0.000000169. The maximum Gasteiger partial charge on any atom is 0.415 e. The molecule has 20 nitrogen and oxygen atoms in total. The quantitative estimate of drug-likeness (QED) is 0.0930. The molecule has 7 heterocycles. The van der Waals surface area contributed by atoms with Crippen LogP contribution in [0.1, 0.15) is 143 Å². The molecule has 7 N–H and O–H groups in total. The third-order valence-electron chi connectivity index (χ3n) is 17.1. The summed E-state index contributed by atoms with van der Waals surface area (Å²) < 4.78 is 24.2. The number of aromatic nitrogens is 2. The van der Waals surface area contributed by atoms with Gasteiger partial charge in [0.05, 0.1) is 64.5 Å². The van der Waals surface area contributed by atoms with Gasteiger partial charge in [0.2, 0.25) is 0 Å². The van der Waals surface area contributed by atoms with Crippen LogP contribution in [-0.2, 0) is 55.4 Å². The molecule has 0 unspecified atom stereocenters. The summed E-state index contributed by atoms with van der Waals surface area (Å²) in [6.45, 7) is 8.74. The van der Waals surface area contributed by atoms with Gasteiger partial charge in [0.15, 0.2) is 23.5 Å². The van der Waals surface area contributed by atoms with Crippen LogP contribution in [0.5, 0.6) is 17.2 Å². The van der Waals surface area contributed by atoms with E-state index in [1.54, 1.807) is 35.8 Å². The van der Waals surface area contributed by atoms with Crippen LogP contribution >= 0.6 is 0 Å². The summed E-state index contributed by atoms with van der Waals surface area (Å²) in [5.74, 6) is -3.00. The normalized spacial score (nSPS) is 25.6. The molecule has 7 aliphatic rings. The number of hydrogen-bond donors (Lipinski definition) is 6. The van der Waals surface area contributed by atoms with Crippen LogP contribution in [0.3, 0.4) is 0 Å². The van der Waals surface area contributed by atoms with Crippen LogP contribution in [-0.4, -0.2) is 137 Å². The number of nitrogens with two attached hydrogens (primary N) is 1. The van der Waals surface area contributed by atoms with E-state index in [0.29, 0.717) is 60.4 Å². The molecule has 5 aliphatic heterocycles. The number of esters is 1. The molecule has 3 fully saturated rings. The highest BCUT2D eigenvalue weighted by Gasteiger charge is 2.49. The molecule has 0 saturated carbocycles. The molecular weight excluding hydrogens is 1010 g/mol. The molecule has 0 radical (unpaired) electrons. The standard InChI is InChI=1S/C33H38N4O6.C25H25NO9/c1-3-22-23-16-21(43-32(40)36-14-10-20(11-15-36)35-12-6-5-7-13-35)8-9-27(23)34-29-24(22)18-37-28(29)17-26-25(30(37)38)19-42-31(39)33(26,41)4-2;1-10(27)25(26)7-13-18(16(8-25)35-17-6-14(28)15(29)9-34-17)24(33)20-19(23(13)32)21(30)11-4-2-3-5-12(11)22(20)31/h8-9,16-17,20,41H,3-7,10-15,18-19H2,1-2H3;2-5,14-17,28-29,32-33H,6-9,26H2,1H3/t33-;14-,15+,16-,17-,25-/m00/s1. The van der Waals surface area contributed by atoms with Crippen molar-refractivity contribution in [3.05, 3.63) is 115 Å². The second-order valence-corrected chi connectivity index (χ2v) is 21.6. The number of aryl methyl sites for hydroxylation is 1. The second kappa shape index (κ2) is 20.4. The average molecular weight is 1070 g/mol. The van der Waals surface area contributed by atoms with Crippen LogP contribution in [0, 0.1) is 0 Å². The van der Waals surface area contributed by atoms with Gasteiger partial charge in [-0.05, 0) is 88.4 Å². The molecule has 3 saturated heterocycles. The maximum absolute atomic E-state index is 13.6. The van der Waals surface area contributed by atoms with Crippen molar-refractivity contribution < 1.29 is 68.5 Å². The fourth-order valence-electron chi connectivity index (χ4n) is 12.6. The lowest BCUT2D eigenvalue weighted by atomic mass is 9.71.